The van der Waals surface area contributed by atoms with Gasteiger partial charge in [0.25, 0.3) is 5.91 Å². The molecule has 0 aliphatic carbocycles. The zero-order valence-corrected chi connectivity index (χ0v) is 12.1. The molecule has 20 heavy (non-hydrogen) atoms. The molecule has 1 aromatic carbocycles. The number of para-hydroxylation sites is 1. The Kier molecular flexibility index (Phi) is 6.97. The molecule has 0 saturated heterocycles. The Morgan fingerprint density at radius 3 is 2.70 bits per heavy atom. The minimum atomic E-state index is -0.540. The molecule has 0 spiro atoms. The molecule has 1 rings (SSSR count). The highest BCUT2D eigenvalue weighted by atomic mass is 19.1. The van der Waals surface area contributed by atoms with E-state index in [1.165, 1.54) is 18.2 Å². The first-order valence-corrected chi connectivity index (χ1v) is 6.89. The number of rotatable bonds is 8. The molecule has 5 nitrogen and oxygen atoms in total. The molecule has 0 saturated carbocycles. The Labute approximate surface area is 119 Å². The van der Waals surface area contributed by atoms with E-state index >= 15 is 0 Å². The van der Waals surface area contributed by atoms with Crippen LogP contribution >= 0.6 is 0 Å². The van der Waals surface area contributed by atoms with Crippen molar-refractivity contribution in [2.75, 3.05) is 31.6 Å². The summed E-state index contributed by atoms with van der Waals surface area (Å²) in [7, 11) is 0. The van der Waals surface area contributed by atoms with E-state index in [2.05, 4.69) is 29.5 Å². The molecule has 1 amide bonds. The molecule has 4 N–H and O–H groups in total. The van der Waals surface area contributed by atoms with Crippen LogP contribution in [0.2, 0.25) is 0 Å². The van der Waals surface area contributed by atoms with Gasteiger partial charge in [-0.05, 0) is 31.6 Å². The van der Waals surface area contributed by atoms with E-state index in [1.54, 1.807) is 0 Å². The summed E-state index contributed by atoms with van der Waals surface area (Å²) in [5.74, 6) is 4.38. The second-order valence-corrected chi connectivity index (χ2v) is 4.50. The summed E-state index contributed by atoms with van der Waals surface area (Å²) in [5.41, 5.74) is 2.46. The van der Waals surface area contributed by atoms with Gasteiger partial charge in [0, 0.05) is 13.1 Å². The summed E-state index contributed by atoms with van der Waals surface area (Å²) >= 11 is 0. The van der Waals surface area contributed by atoms with Crippen molar-refractivity contribution < 1.29 is 9.18 Å². The van der Waals surface area contributed by atoms with Crippen LogP contribution in [0.4, 0.5) is 10.1 Å². The minimum Gasteiger partial charge on any atom is -0.351 e. The van der Waals surface area contributed by atoms with Crippen LogP contribution in [0.15, 0.2) is 18.2 Å². The monoisotopic (exact) mass is 282 g/mol. The summed E-state index contributed by atoms with van der Waals surface area (Å²) in [6.45, 7) is 7.44. The van der Waals surface area contributed by atoms with Crippen LogP contribution in [-0.2, 0) is 0 Å². The van der Waals surface area contributed by atoms with Gasteiger partial charge < -0.3 is 15.6 Å². The fourth-order valence-electron chi connectivity index (χ4n) is 2.03. The van der Waals surface area contributed by atoms with Gasteiger partial charge in [-0.3, -0.25) is 10.6 Å². The molecule has 0 radical (unpaired) electrons. The topological polar surface area (TPSA) is 70.4 Å². The maximum atomic E-state index is 13.5. The molecule has 6 heteroatoms. The number of hydrogen-bond acceptors (Lipinski definition) is 4. The number of amides is 1. The second kappa shape index (κ2) is 8.50. The van der Waals surface area contributed by atoms with Crippen molar-refractivity contribution >= 4 is 11.6 Å². The molecular formula is C14H23FN4O. The number of nitrogen functional groups attached to an aromatic ring is 1. The lowest BCUT2D eigenvalue weighted by atomic mass is 10.1. The van der Waals surface area contributed by atoms with Crippen LogP contribution in [-0.4, -0.2) is 37.0 Å². The number of nitrogens with zero attached hydrogens (tertiary/aromatic N) is 1. The van der Waals surface area contributed by atoms with Gasteiger partial charge in [-0.2, -0.15) is 0 Å². The number of nitrogens with two attached hydrogens (primary N) is 1. The lowest BCUT2D eigenvalue weighted by molar-refractivity contribution is 0.0949. The fourth-order valence-corrected chi connectivity index (χ4v) is 2.03. The number of anilines is 1. The lowest BCUT2D eigenvalue weighted by Crippen LogP contribution is -2.35. The minimum absolute atomic E-state index is 0.0194. The number of hydrazine groups is 1. The Morgan fingerprint density at radius 1 is 1.35 bits per heavy atom. The smallest absolute Gasteiger partial charge is 0.253 e. The summed E-state index contributed by atoms with van der Waals surface area (Å²) in [6.07, 6.45) is 1.08. The highest BCUT2D eigenvalue weighted by Gasteiger charge is 2.14. The van der Waals surface area contributed by atoms with Crippen molar-refractivity contribution in [3.05, 3.63) is 29.6 Å². The van der Waals surface area contributed by atoms with Crippen LogP contribution in [0.5, 0.6) is 0 Å². The van der Waals surface area contributed by atoms with Crippen LogP contribution in [0.1, 0.15) is 30.6 Å². The normalized spacial score (nSPS) is 10.7. The lowest BCUT2D eigenvalue weighted by Gasteiger charge is -2.19. The number of halogens is 1. The van der Waals surface area contributed by atoms with Crippen molar-refractivity contribution in [1.29, 1.82) is 0 Å². The summed E-state index contributed by atoms with van der Waals surface area (Å²) < 4.78 is 13.5. The van der Waals surface area contributed by atoms with Crippen molar-refractivity contribution in [3.8, 4) is 0 Å². The molecular weight excluding hydrogens is 259 g/mol. The van der Waals surface area contributed by atoms with Gasteiger partial charge in [0.15, 0.2) is 0 Å². The van der Waals surface area contributed by atoms with E-state index in [0.717, 1.165) is 26.1 Å². The Balaban J connectivity index is 2.57. The Morgan fingerprint density at radius 2 is 2.10 bits per heavy atom. The molecule has 0 atom stereocenters. The van der Waals surface area contributed by atoms with Crippen molar-refractivity contribution in [2.24, 2.45) is 5.84 Å². The fraction of sp³-hybridized carbons (Fsp3) is 0.500. The van der Waals surface area contributed by atoms with Gasteiger partial charge in [0.1, 0.15) is 5.82 Å². The largest absolute Gasteiger partial charge is 0.351 e. The van der Waals surface area contributed by atoms with Gasteiger partial charge in [-0.1, -0.05) is 19.9 Å². The first-order chi connectivity index (χ1) is 9.63. The third-order valence-corrected chi connectivity index (χ3v) is 3.10. The van der Waals surface area contributed by atoms with Crippen molar-refractivity contribution in [1.82, 2.24) is 10.2 Å². The van der Waals surface area contributed by atoms with Crippen molar-refractivity contribution in [2.45, 2.75) is 20.3 Å². The highest BCUT2D eigenvalue weighted by molar-refractivity contribution is 5.99. The quantitative estimate of drug-likeness (QED) is 0.500. The molecule has 0 aliphatic heterocycles. The Bertz CT molecular complexity index is 439. The maximum Gasteiger partial charge on any atom is 0.253 e. The maximum absolute atomic E-state index is 13.5. The molecule has 0 fully saturated rings. The first-order valence-electron chi connectivity index (χ1n) is 6.89. The van der Waals surface area contributed by atoms with E-state index in [9.17, 15) is 9.18 Å². The average molecular weight is 282 g/mol. The predicted octanol–water partition coefficient (Wildman–Crippen LogP) is 1.57. The van der Waals surface area contributed by atoms with E-state index in [1.807, 2.05) is 0 Å². The van der Waals surface area contributed by atoms with Gasteiger partial charge in [0.05, 0.1) is 11.3 Å². The number of carbonyl (C=O) groups is 1. The van der Waals surface area contributed by atoms with E-state index in [4.69, 9.17) is 5.84 Å². The number of likely N-dealkylation sites (N-methyl/N-ethyl adjacent to an activating group) is 1. The van der Waals surface area contributed by atoms with E-state index < -0.39 is 5.82 Å². The van der Waals surface area contributed by atoms with Gasteiger partial charge in [-0.15, -0.1) is 0 Å². The van der Waals surface area contributed by atoms with Crippen LogP contribution in [0.3, 0.4) is 0 Å². The van der Waals surface area contributed by atoms with Gasteiger partial charge in [0.2, 0.25) is 0 Å². The third-order valence-electron chi connectivity index (χ3n) is 3.10. The molecule has 0 aromatic heterocycles. The van der Waals surface area contributed by atoms with Crippen LogP contribution in [0.25, 0.3) is 0 Å². The van der Waals surface area contributed by atoms with Gasteiger partial charge in [-0.25, -0.2) is 4.39 Å². The molecule has 0 bridgehead atoms. The van der Waals surface area contributed by atoms with Gasteiger partial charge >= 0.3 is 0 Å². The molecule has 0 aliphatic rings. The SMILES string of the molecule is CCCN(CC)CCNC(=O)c1cccc(F)c1NN. The predicted molar refractivity (Wildman–Crippen MR) is 78.9 cm³/mol. The summed E-state index contributed by atoms with van der Waals surface area (Å²) in [4.78, 5) is 14.3. The molecule has 112 valence electrons. The number of nitrogens with one attached hydrogen (secondary N) is 2. The van der Waals surface area contributed by atoms with E-state index in [0.29, 0.717) is 6.54 Å². The number of carbonyl (C=O) groups excluding carboxylic acids is 1. The summed E-state index contributed by atoms with van der Waals surface area (Å²) in [6, 6.07) is 4.28. The molecule has 0 unspecified atom stereocenters. The third kappa shape index (κ3) is 4.47. The second-order valence-electron chi connectivity index (χ2n) is 4.50. The highest BCUT2D eigenvalue weighted by Crippen LogP contribution is 2.18. The zero-order chi connectivity index (χ0) is 15.0. The van der Waals surface area contributed by atoms with Crippen molar-refractivity contribution in [3.63, 3.8) is 0 Å². The van der Waals surface area contributed by atoms with Crippen LogP contribution in [0, 0.1) is 5.82 Å². The number of benzene rings is 1. The summed E-state index contributed by atoms with van der Waals surface area (Å²) in [5, 5.41) is 2.78. The number of hydrogen-bond donors (Lipinski definition) is 3. The zero-order valence-electron chi connectivity index (χ0n) is 12.1. The molecule has 0 heterocycles. The molecule has 1 aromatic rings. The average Bonchev–Trinajstić information content (AvgIpc) is 2.45. The van der Waals surface area contributed by atoms with E-state index in [-0.39, 0.29) is 17.2 Å². The van der Waals surface area contributed by atoms with Crippen LogP contribution < -0.4 is 16.6 Å². The standard InChI is InChI=1S/C14H23FN4O/c1-3-9-19(4-2)10-8-17-14(20)11-6-5-7-12(15)13(11)18-16/h5-7,18H,3-4,8-10,16H2,1-2H3,(H,17,20). The first kappa shape index (κ1) is 16.4. The Hall–Kier alpha value is -1.66.